The lowest BCUT2D eigenvalue weighted by Crippen LogP contribution is -2.59. The van der Waals surface area contributed by atoms with Crippen molar-refractivity contribution in [2.24, 2.45) is 23.0 Å². The molecule has 0 amide bonds. The topological polar surface area (TPSA) is 46.2 Å². The molecule has 0 heterocycles. The standard InChI is InChI=1S/C10H19NO/c1-9(2)7-3-8(9)5-10(12,4-7)6-11/h7-8,12H,3-6,11H2,1-2H3/t7-,8+,10?. The first-order valence-corrected chi connectivity index (χ1v) is 4.90. The molecule has 3 N–H and O–H groups in total. The molecular formula is C10H19NO. The zero-order chi connectivity index (χ0) is 8.98. The number of nitrogens with two attached hydrogens (primary N) is 1. The minimum absolute atomic E-state index is 0.441. The number of rotatable bonds is 1. The van der Waals surface area contributed by atoms with Gasteiger partial charge in [0.1, 0.15) is 0 Å². The number of hydrogen-bond acceptors (Lipinski definition) is 2. The van der Waals surface area contributed by atoms with Gasteiger partial charge < -0.3 is 10.8 Å². The molecule has 0 aliphatic heterocycles. The summed E-state index contributed by atoms with van der Waals surface area (Å²) in [6, 6.07) is 0. The van der Waals surface area contributed by atoms with Crippen LogP contribution in [0.15, 0.2) is 0 Å². The highest BCUT2D eigenvalue weighted by molar-refractivity contribution is 5.07. The average Bonchev–Trinajstić information content (AvgIpc) is 2.04. The van der Waals surface area contributed by atoms with Gasteiger partial charge in [0.2, 0.25) is 0 Å². The summed E-state index contributed by atoms with van der Waals surface area (Å²) in [4.78, 5) is 0. The van der Waals surface area contributed by atoms with E-state index in [2.05, 4.69) is 13.8 Å². The molecule has 2 heteroatoms. The van der Waals surface area contributed by atoms with E-state index in [1.54, 1.807) is 0 Å². The Morgan fingerprint density at radius 1 is 1.33 bits per heavy atom. The Kier molecular flexibility index (Phi) is 1.59. The molecule has 3 atom stereocenters. The molecule has 0 spiro atoms. The van der Waals surface area contributed by atoms with E-state index in [1.165, 1.54) is 6.42 Å². The fraction of sp³-hybridized carbons (Fsp3) is 1.00. The van der Waals surface area contributed by atoms with E-state index in [0.29, 0.717) is 23.8 Å². The largest absolute Gasteiger partial charge is 0.389 e. The molecule has 2 bridgehead atoms. The Labute approximate surface area is 74.1 Å². The number of hydrogen-bond donors (Lipinski definition) is 2. The molecule has 3 aliphatic rings. The van der Waals surface area contributed by atoms with E-state index in [4.69, 9.17) is 5.73 Å². The van der Waals surface area contributed by atoms with E-state index in [0.717, 1.165) is 12.8 Å². The van der Waals surface area contributed by atoms with Crippen molar-refractivity contribution in [3.05, 3.63) is 0 Å². The molecule has 0 aromatic carbocycles. The minimum atomic E-state index is -0.525. The third kappa shape index (κ3) is 0.944. The van der Waals surface area contributed by atoms with Gasteiger partial charge in [-0.05, 0) is 36.5 Å². The molecule has 0 aromatic heterocycles. The summed E-state index contributed by atoms with van der Waals surface area (Å²) in [5.74, 6) is 1.43. The zero-order valence-corrected chi connectivity index (χ0v) is 8.01. The maximum atomic E-state index is 9.99. The van der Waals surface area contributed by atoms with Crippen LogP contribution < -0.4 is 5.73 Å². The van der Waals surface area contributed by atoms with Crippen LogP contribution in [0.5, 0.6) is 0 Å². The average molecular weight is 169 g/mol. The van der Waals surface area contributed by atoms with E-state index in [-0.39, 0.29) is 0 Å². The monoisotopic (exact) mass is 169 g/mol. The van der Waals surface area contributed by atoms with E-state index in [9.17, 15) is 5.11 Å². The second-order valence-electron chi connectivity index (χ2n) is 5.29. The lowest BCUT2D eigenvalue weighted by Gasteiger charge is -2.61. The van der Waals surface area contributed by atoms with Crippen molar-refractivity contribution in [3.8, 4) is 0 Å². The fourth-order valence-electron chi connectivity index (χ4n) is 2.98. The molecule has 3 aliphatic carbocycles. The first kappa shape index (κ1) is 8.52. The van der Waals surface area contributed by atoms with Crippen molar-refractivity contribution in [3.63, 3.8) is 0 Å². The van der Waals surface area contributed by atoms with Gasteiger partial charge in [0.15, 0.2) is 0 Å². The van der Waals surface area contributed by atoms with E-state index in [1.807, 2.05) is 0 Å². The predicted octanol–water partition coefficient (Wildman–Crippen LogP) is 1.13. The van der Waals surface area contributed by atoms with Crippen LogP contribution in [0.1, 0.15) is 33.1 Å². The Morgan fingerprint density at radius 2 is 1.83 bits per heavy atom. The van der Waals surface area contributed by atoms with Crippen molar-refractivity contribution < 1.29 is 5.11 Å². The molecule has 3 fully saturated rings. The Bertz CT molecular complexity index is 186. The van der Waals surface area contributed by atoms with Crippen molar-refractivity contribution in [1.82, 2.24) is 0 Å². The molecule has 3 saturated carbocycles. The first-order valence-electron chi connectivity index (χ1n) is 4.90. The number of aliphatic hydroxyl groups is 1. The van der Waals surface area contributed by atoms with Crippen LogP contribution in [0.2, 0.25) is 0 Å². The summed E-state index contributed by atoms with van der Waals surface area (Å²) >= 11 is 0. The van der Waals surface area contributed by atoms with Crippen LogP contribution in [-0.2, 0) is 0 Å². The molecule has 0 saturated heterocycles. The van der Waals surface area contributed by atoms with Crippen LogP contribution in [-0.4, -0.2) is 17.3 Å². The van der Waals surface area contributed by atoms with Gasteiger partial charge in [-0.15, -0.1) is 0 Å². The van der Waals surface area contributed by atoms with Crippen LogP contribution in [0, 0.1) is 17.3 Å². The molecule has 2 nitrogen and oxygen atoms in total. The van der Waals surface area contributed by atoms with Gasteiger partial charge in [-0.2, -0.15) is 0 Å². The van der Waals surface area contributed by atoms with Gasteiger partial charge >= 0.3 is 0 Å². The summed E-state index contributed by atoms with van der Waals surface area (Å²) < 4.78 is 0. The first-order chi connectivity index (χ1) is 5.48. The third-order valence-electron chi connectivity index (χ3n) is 4.31. The van der Waals surface area contributed by atoms with Gasteiger partial charge in [-0.25, -0.2) is 0 Å². The normalized spacial score (nSPS) is 50.0. The maximum absolute atomic E-state index is 9.99. The van der Waals surface area contributed by atoms with Gasteiger partial charge in [0.25, 0.3) is 0 Å². The number of fused-ring (bicyclic) bond motifs is 2. The minimum Gasteiger partial charge on any atom is -0.389 e. The summed E-state index contributed by atoms with van der Waals surface area (Å²) in [5.41, 5.74) is 5.51. The third-order valence-corrected chi connectivity index (χ3v) is 4.31. The van der Waals surface area contributed by atoms with Gasteiger partial charge in [-0.1, -0.05) is 13.8 Å². The predicted molar refractivity (Wildman–Crippen MR) is 48.6 cm³/mol. The highest BCUT2D eigenvalue weighted by Crippen LogP contribution is 2.61. The molecule has 0 aromatic rings. The molecule has 12 heavy (non-hydrogen) atoms. The lowest BCUT2D eigenvalue weighted by atomic mass is 9.46. The summed E-state index contributed by atoms with van der Waals surface area (Å²) in [5, 5.41) is 9.99. The zero-order valence-electron chi connectivity index (χ0n) is 8.01. The maximum Gasteiger partial charge on any atom is 0.0775 e. The second-order valence-corrected chi connectivity index (χ2v) is 5.29. The van der Waals surface area contributed by atoms with Crippen LogP contribution in [0.4, 0.5) is 0 Å². The Hall–Kier alpha value is -0.0800. The van der Waals surface area contributed by atoms with E-state index < -0.39 is 5.60 Å². The van der Waals surface area contributed by atoms with E-state index >= 15 is 0 Å². The molecular weight excluding hydrogens is 150 g/mol. The summed E-state index contributed by atoms with van der Waals surface area (Å²) in [6.45, 7) is 5.08. The molecule has 3 rings (SSSR count). The van der Waals surface area contributed by atoms with Crippen LogP contribution in [0.3, 0.4) is 0 Å². The van der Waals surface area contributed by atoms with Crippen molar-refractivity contribution >= 4 is 0 Å². The quantitative estimate of drug-likeness (QED) is 0.618. The fourth-order valence-corrected chi connectivity index (χ4v) is 2.98. The van der Waals surface area contributed by atoms with Crippen molar-refractivity contribution in [1.29, 1.82) is 0 Å². The van der Waals surface area contributed by atoms with Gasteiger partial charge in [-0.3, -0.25) is 0 Å². The lowest BCUT2D eigenvalue weighted by molar-refractivity contribution is -0.161. The molecule has 0 radical (unpaired) electrons. The highest BCUT2D eigenvalue weighted by Gasteiger charge is 2.56. The van der Waals surface area contributed by atoms with Crippen molar-refractivity contribution in [2.75, 3.05) is 6.54 Å². The van der Waals surface area contributed by atoms with Gasteiger partial charge in [0.05, 0.1) is 5.60 Å². The second kappa shape index (κ2) is 2.24. The van der Waals surface area contributed by atoms with Crippen molar-refractivity contribution in [2.45, 2.75) is 38.7 Å². The Morgan fingerprint density at radius 3 is 2.17 bits per heavy atom. The smallest absolute Gasteiger partial charge is 0.0775 e. The van der Waals surface area contributed by atoms with Gasteiger partial charge in [0, 0.05) is 6.54 Å². The summed E-state index contributed by atoms with van der Waals surface area (Å²) in [7, 11) is 0. The van der Waals surface area contributed by atoms with Crippen LogP contribution >= 0.6 is 0 Å². The molecule has 70 valence electrons. The van der Waals surface area contributed by atoms with Crippen LogP contribution in [0.25, 0.3) is 0 Å². The Balaban J connectivity index is 2.10. The summed E-state index contributed by atoms with van der Waals surface area (Å²) in [6.07, 6.45) is 3.16. The highest BCUT2D eigenvalue weighted by atomic mass is 16.3. The SMILES string of the molecule is CC1(C)[C@@H]2C[C@H]1CC(O)(CN)C2. The molecule has 1 unspecified atom stereocenters.